The Bertz CT molecular complexity index is 610. The van der Waals surface area contributed by atoms with Crippen LogP contribution in [0.1, 0.15) is 51.5 Å². The van der Waals surface area contributed by atoms with Crippen LogP contribution in [0.25, 0.3) is 0 Å². The van der Waals surface area contributed by atoms with Gasteiger partial charge in [0.05, 0.1) is 6.54 Å². The molecule has 2 rings (SSSR count). The van der Waals surface area contributed by atoms with E-state index in [1.807, 2.05) is 0 Å². The topological polar surface area (TPSA) is 110 Å². The first-order valence-electron chi connectivity index (χ1n) is 9.20. The third-order valence-electron chi connectivity index (χ3n) is 5.02. The van der Waals surface area contributed by atoms with Gasteiger partial charge in [-0.2, -0.15) is 5.10 Å². The van der Waals surface area contributed by atoms with Crippen molar-refractivity contribution in [2.75, 3.05) is 13.6 Å². The van der Waals surface area contributed by atoms with Gasteiger partial charge >= 0.3 is 0 Å². The van der Waals surface area contributed by atoms with Crippen LogP contribution >= 0.6 is 0 Å². The van der Waals surface area contributed by atoms with Crippen molar-refractivity contribution in [3.05, 3.63) is 18.5 Å². The number of nitrogens with two attached hydrogens (primary N) is 1. The van der Waals surface area contributed by atoms with Crippen molar-refractivity contribution in [3.63, 3.8) is 0 Å². The lowest BCUT2D eigenvalue weighted by Gasteiger charge is -2.31. The summed E-state index contributed by atoms with van der Waals surface area (Å²) in [5.74, 6) is -0.625. The highest BCUT2D eigenvalue weighted by atomic mass is 16.2. The molecule has 3 N–H and O–H groups in total. The van der Waals surface area contributed by atoms with Crippen molar-refractivity contribution in [2.24, 2.45) is 11.7 Å². The van der Waals surface area contributed by atoms with E-state index < -0.39 is 11.9 Å². The number of carbonyl (C=O) groups excluding carboxylic acids is 3. The molecule has 0 spiro atoms. The van der Waals surface area contributed by atoms with Gasteiger partial charge in [-0.25, -0.2) is 0 Å². The number of hydrogen-bond donors (Lipinski definition) is 2. The second-order valence-corrected chi connectivity index (χ2v) is 7.10. The fourth-order valence-electron chi connectivity index (χ4n) is 3.58. The van der Waals surface area contributed by atoms with Crippen LogP contribution in [-0.4, -0.2) is 52.0 Å². The maximum atomic E-state index is 12.5. The summed E-state index contributed by atoms with van der Waals surface area (Å²) < 4.78 is 1.55. The molecule has 0 unspecified atom stereocenters. The van der Waals surface area contributed by atoms with Gasteiger partial charge in [-0.05, 0) is 31.7 Å². The van der Waals surface area contributed by atoms with Gasteiger partial charge in [0.2, 0.25) is 17.7 Å². The number of primary amides is 1. The lowest BCUT2D eigenvalue weighted by Crippen LogP contribution is -2.48. The monoisotopic (exact) mass is 363 g/mol. The molecule has 1 aromatic rings. The second kappa shape index (κ2) is 9.35. The van der Waals surface area contributed by atoms with Crippen LogP contribution in [-0.2, 0) is 14.4 Å². The Balaban J connectivity index is 1.91. The highest BCUT2D eigenvalue weighted by molar-refractivity contribution is 5.86. The Hall–Kier alpha value is -2.38. The Morgan fingerprint density at radius 3 is 2.58 bits per heavy atom. The molecule has 0 aliphatic heterocycles. The predicted molar refractivity (Wildman–Crippen MR) is 96.9 cm³/mol. The Labute approximate surface area is 154 Å². The van der Waals surface area contributed by atoms with Gasteiger partial charge in [-0.3, -0.25) is 19.1 Å². The molecule has 1 aliphatic carbocycles. The summed E-state index contributed by atoms with van der Waals surface area (Å²) in [6.07, 6.45) is 8.84. The minimum absolute atomic E-state index is 0.0631. The molecule has 1 saturated carbocycles. The molecule has 0 aromatic carbocycles. The molecule has 1 fully saturated rings. The Morgan fingerprint density at radius 1 is 1.31 bits per heavy atom. The van der Waals surface area contributed by atoms with E-state index >= 15 is 0 Å². The quantitative estimate of drug-likeness (QED) is 0.713. The number of nitrogens with one attached hydrogen (secondary N) is 1. The minimum atomic E-state index is -0.484. The number of hydrogen-bond acceptors (Lipinski definition) is 4. The van der Waals surface area contributed by atoms with Crippen molar-refractivity contribution >= 4 is 17.7 Å². The molecule has 0 saturated heterocycles. The smallest absolute Gasteiger partial charge is 0.247 e. The van der Waals surface area contributed by atoms with Crippen LogP contribution in [0.2, 0.25) is 0 Å². The first kappa shape index (κ1) is 19.9. The summed E-state index contributed by atoms with van der Waals surface area (Å²) in [6, 6.07) is 1.00. The van der Waals surface area contributed by atoms with Crippen molar-refractivity contribution in [2.45, 2.75) is 57.5 Å². The maximum Gasteiger partial charge on any atom is 0.247 e. The highest BCUT2D eigenvalue weighted by Crippen LogP contribution is 2.27. The van der Waals surface area contributed by atoms with Crippen LogP contribution in [0.15, 0.2) is 18.5 Å². The third-order valence-corrected chi connectivity index (χ3v) is 5.02. The van der Waals surface area contributed by atoms with Crippen LogP contribution in [0.4, 0.5) is 0 Å². The summed E-state index contributed by atoms with van der Waals surface area (Å²) in [5.41, 5.74) is 5.35. The lowest BCUT2D eigenvalue weighted by atomic mass is 9.82. The lowest BCUT2D eigenvalue weighted by molar-refractivity contribution is -0.137. The van der Waals surface area contributed by atoms with Gasteiger partial charge in [0.25, 0.3) is 0 Å². The predicted octanol–water partition coefficient (Wildman–Crippen LogP) is 0.843. The summed E-state index contributed by atoms with van der Waals surface area (Å²) >= 11 is 0. The van der Waals surface area contributed by atoms with Crippen molar-refractivity contribution in [1.29, 1.82) is 0 Å². The molecular weight excluding hydrogens is 334 g/mol. The van der Waals surface area contributed by atoms with Gasteiger partial charge in [0, 0.05) is 31.9 Å². The van der Waals surface area contributed by atoms with Crippen LogP contribution in [0.5, 0.6) is 0 Å². The molecule has 1 heterocycles. The summed E-state index contributed by atoms with van der Waals surface area (Å²) in [6.45, 7) is 1.67. The number of likely N-dealkylation sites (N-methyl/N-ethyl adjacent to an activating group) is 1. The maximum absolute atomic E-state index is 12.5. The van der Waals surface area contributed by atoms with Crippen molar-refractivity contribution < 1.29 is 14.4 Å². The zero-order valence-corrected chi connectivity index (χ0v) is 15.6. The molecular formula is C18H29N5O3. The molecule has 0 radical (unpaired) electrons. The van der Waals surface area contributed by atoms with Gasteiger partial charge in [-0.15, -0.1) is 0 Å². The SMILES string of the molecule is C[C@@H](C(=O)N(C)CC(=O)N[C@H](CC(N)=O)C1CCCCC1)n1cccn1. The third kappa shape index (κ3) is 5.57. The zero-order valence-electron chi connectivity index (χ0n) is 15.6. The molecule has 1 aliphatic rings. The van der Waals surface area contributed by atoms with Gasteiger partial charge in [-0.1, -0.05) is 19.3 Å². The molecule has 3 amide bonds. The first-order valence-corrected chi connectivity index (χ1v) is 9.20. The van der Waals surface area contributed by atoms with E-state index in [9.17, 15) is 14.4 Å². The average molecular weight is 363 g/mol. The van der Waals surface area contributed by atoms with E-state index in [-0.39, 0.29) is 36.7 Å². The van der Waals surface area contributed by atoms with E-state index in [1.165, 1.54) is 11.3 Å². The molecule has 0 bridgehead atoms. The Kier molecular flexibility index (Phi) is 7.17. The van der Waals surface area contributed by atoms with Crippen LogP contribution < -0.4 is 11.1 Å². The van der Waals surface area contributed by atoms with Gasteiger partial charge < -0.3 is 16.0 Å². The molecule has 1 aromatic heterocycles. The summed E-state index contributed by atoms with van der Waals surface area (Å²) in [5, 5.41) is 6.98. The minimum Gasteiger partial charge on any atom is -0.370 e. The summed E-state index contributed by atoms with van der Waals surface area (Å²) in [7, 11) is 1.59. The normalized spacial score (nSPS) is 17.3. The molecule has 26 heavy (non-hydrogen) atoms. The number of nitrogens with zero attached hydrogens (tertiary/aromatic N) is 3. The fourth-order valence-corrected chi connectivity index (χ4v) is 3.58. The van der Waals surface area contributed by atoms with Gasteiger partial charge in [0.1, 0.15) is 6.04 Å². The number of aromatic nitrogens is 2. The van der Waals surface area contributed by atoms with E-state index in [2.05, 4.69) is 10.4 Å². The Morgan fingerprint density at radius 2 is 2.00 bits per heavy atom. The summed E-state index contributed by atoms with van der Waals surface area (Å²) in [4.78, 5) is 37.6. The molecule has 8 heteroatoms. The number of rotatable bonds is 8. The number of carbonyl (C=O) groups is 3. The van der Waals surface area contributed by atoms with E-state index in [4.69, 9.17) is 5.73 Å². The fraction of sp³-hybridized carbons (Fsp3) is 0.667. The van der Waals surface area contributed by atoms with Crippen LogP contribution in [0.3, 0.4) is 0 Å². The van der Waals surface area contributed by atoms with Crippen molar-refractivity contribution in [3.8, 4) is 0 Å². The first-order chi connectivity index (χ1) is 12.4. The van der Waals surface area contributed by atoms with Gasteiger partial charge in [0.15, 0.2) is 0 Å². The molecule has 144 valence electrons. The standard InChI is InChI=1S/C18H29N5O3/c1-13(23-10-6-9-20-23)18(26)22(2)12-17(25)21-15(11-16(19)24)14-7-4-3-5-8-14/h6,9-10,13-15H,3-5,7-8,11-12H2,1-2H3,(H2,19,24)(H,21,25)/t13-,15+/m0/s1. The second-order valence-electron chi connectivity index (χ2n) is 7.10. The highest BCUT2D eigenvalue weighted by Gasteiger charge is 2.28. The molecule has 2 atom stereocenters. The zero-order chi connectivity index (χ0) is 19.1. The van der Waals surface area contributed by atoms with E-state index in [1.54, 1.807) is 37.1 Å². The largest absolute Gasteiger partial charge is 0.370 e. The van der Waals surface area contributed by atoms with E-state index in [0.717, 1.165) is 25.7 Å². The number of amides is 3. The average Bonchev–Trinajstić information content (AvgIpc) is 3.14. The van der Waals surface area contributed by atoms with Crippen molar-refractivity contribution in [1.82, 2.24) is 20.0 Å². The molecule has 8 nitrogen and oxygen atoms in total. The van der Waals surface area contributed by atoms with Crippen LogP contribution in [0, 0.1) is 5.92 Å². The van der Waals surface area contributed by atoms with E-state index in [0.29, 0.717) is 0 Å².